The topological polar surface area (TPSA) is 107 Å². The molecule has 0 atom stereocenters. The number of carbonyl (C=O) groups is 1. The maximum atomic E-state index is 11.5. The fraction of sp³-hybridized carbons (Fsp3) is 0.240. The number of anilines is 3. The number of aromatic nitrogens is 5. The molecular weight excluding hydrogens is 442 g/mol. The van der Waals surface area contributed by atoms with Crippen molar-refractivity contribution >= 4 is 28.6 Å². The molecule has 0 spiro atoms. The predicted molar refractivity (Wildman–Crippen MR) is 134 cm³/mol. The monoisotopic (exact) mass is 467 g/mol. The van der Waals surface area contributed by atoms with E-state index in [0.717, 1.165) is 60.7 Å². The molecule has 35 heavy (non-hydrogen) atoms. The van der Waals surface area contributed by atoms with Crippen LogP contribution in [0.4, 0.5) is 17.2 Å². The summed E-state index contributed by atoms with van der Waals surface area (Å²) >= 11 is 0. The second kappa shape index (κ2) is 9.30. The molecule has 0 radical (unpaired) electrons. The highest BCUT2D eigenvalue weighted by Crippen LogP contribution is 2.32. The second-order valence-corrected chi connectivity index (χ2v) is 8.23. The van der Waals surface area contributed by atoms with Crippen molar-refractivity contribution in [1.82, 2.24) is 24.4 Å². The molecule has 0 aromatic carbocycles. The zero-order valence-electron chi connectivity index (χ0n) is 19.4. The number of nitriles is 1. The lowest BCUT2D eigenvalue weighted by molar-refractivity contribution is -0.111. The summed E-state index contributed by atoms with van der Waals surface area (Å²) in [6, 6.07) is 8.15. The maximum absolute atomic E-state index is 11.5. The molecule has 0 saturated carbocycles. The van der Waals surface area contributed by atoms with E-state index in [1.165, 1.54) is 6.08 Å². The van der Waals surface area contributed by atoms with Crippen LogP contribution < -0.4 is 15.1 Å². The van der Waals surface area contributed by atoms with Crippen molar-refractivity contribution in [2.45, 2.75) is 13.5 Å². The number of nitrogens with zero attached hydrogens (tertiary/aromatic N) is 8. The van der Waals surface area contributed by atoms with Crippen molar-refractivity contribution in [2.75, 3.05) is 41.3 Å². The smallest absolute Gasteiger partial charge is 0.248 e. The van der Waals surface area contributed by atoms with Gasteiger partial charge in [0.25, 0.3) is 0 Å². The molecule has 176 valence electrons. The van der Waals surface area contributed by atoms with Crippen molar-refractivity contribution in [2.24, 2.45) is 0 Å². The number of fused-ring (bicyclic) bond motifs is 1. The number of rotatable bonds is 6. The fourth-order valence-electron chi connectivity index (χ4n) is 4.30. The van der Waals surface area contributed by atoms with Gasteiger partial charge in [0, 0.05) is 56.2 Å². The molecule has 4 aromatic rings. The van der Waals surface area contributed by atoms with Crippen molar-refractivity contribution in [3.05, 3.63) is 67.4 Å². The molecule has 5 rings (SSSR count). The highest BCUT2D eigenvalue weighted by Gasteiger charge is 2.22. The normalized spacial score (nSPS) is 13.6. The van der Waals surface area contributed by atoms with E-state index < -0.39 is 0 Å². The molecule has 1 aliphatic rings. The number of hydrogen-bond donors (Lipinski definition) is 1. The molecule has 10 nitrogen and oxygen atoms in total. The molecule has 4 aromatic heterocycles. The van der Waals surface area contributed by atoms with Gasteiger partial charge in [-0.25, -0.2) is 9.50 Å². The summed E-state index contributed by atoms with van der Waals surface area (Å²) in [5, 5.41) is 21.2. The lowest BCUT2D eigenvalue weighted by Crippen LogP contribution is -2.46. The molecule has 1 N–H and O–H groups in total. The van der Waals surface area contributed by atoms with Gasteiger partial charge in [-0.2, -0.15) is 15.5 Å². The quantitative estimate of drug-likeness (QED) is 0.435. The average Bonchev–Trinajstić information content (AvgIpc) is 3.56. The third kappa shape index (κ3) is 4.31. The minimum Gasteiger partial charge on any atom is -0.367 e. The number of piperazine rings is 1. The van der Waals surface area contributed by atoms with E-state index in [1.54, 1.807) is 23.0 Å². The van der Waals surface area contributed by atoms with E-state index in [-0.39, 0.29) is 5.91 Å². The summed E-state index contributed by atoms with van der Waals surface area (Å²) in [7, 11) is 0. The number of amides is 1. The van der Waals surface area contributed by atoms with Crippen molar-refractivity contribution < 1.29 is 4.79 Å². The summed E-state index contributed by atoms with van der Waals surface area (Å²) in [4.78, 5) is 20.4. The summed E-state index contributed by atoms with van der Waals surface area (Å²) < 4.78 is 3.68. The van der Waals surface area contributed by atoms with Crippen LogP contribution in [0.2, 0.25) is 0 Å². The van der Waals surface area contributed by atoms with Gasteiger partial charge in [-0.1, -0.05) is 6.58 Å². The van der Waals surface area contributed by atoms with E-state index in [1.807, 2.05) is 29.3 Å². The Morgan fingerprint density at radius 1 is 1.11 bits per heavy atom. The summed E-state index contributed by atoms with van der Waals surface area (Å²) in [5.41, 5.74) is 5.37. The van der Waals surface area contributed by atoms with Gasteiger partial charge >= 0.3 is 0 Å². The van der Waals surface area contributed by atoms with E-state index in [9.17, 15) is 10.1 Å². The molecule has 10 heteroatoms. The standard InChI is InChI=1S/C25H25N9O/c1-3-24(35)30-23-6-5-21(15-27-23)31-7-9-32(10-8-31)22-11-18(20-14-28-33(4-2)16-20)17-34-25(22)19(12-26)13-29-34/h3,5-6,11,13-17H,1,4,7-10H2,2H3,(H,27,30,35). The Morgan fingerprint density at radius 3 is 2.57 bits per heavy atom. The van der Waals surface area contributed by atoms with Crippen LogP contribution in [0.5, 0.6) is 0 Å². The minimum absolute atomic E-state index is 0.286. The highest BCUT2D eigenvalue weighted by atomic mass is 16.1. The SMILES string of the molecule is C=CC(=O)Nc1ccc(N2CCN(c3cc(-c4cnn(CC)c4)cn4ncc(C#N)c34)CC2)cn1. The zero-order chi connectivity index (χ0) is 24.4. The Bertz CT molecular complexity index is 1420. The van der Waals surface area contributed by atoms with Crippen LogP contribution in [0.1, 0.15) is 12.5 Å². The molecule has 1 amide bonds. The van der Waals surface area contributed by atoms with Gasteiger partial charge in [-0.3, -0.25) is 9.48 Å². The first kappa shape index (κ1) is 22.2. The van der Waals surface area contributed by atoms with Crippen LogP contribution in [0, 0.1) is 11.3 Å². The highest BCUT2D eigenvalue weighted by molar-refractivity contribution is 5.98. The van der Waals surface area contributed by atoms with E-state index >= 15 is 0 Å². The van der Waals surface area contributed by atoms with Crippen LogP contribution in [0.3, 0.4) is 0 Å². The van der Waals surface area contributed by atoms with Crippen LogP contribution in [-0.2, 0) is 11.3 Å². The largest absolute Gasteiger partial charge is 0.367 e. The molecule has 5 heterocycles. The van der Waals surface area contributed by atoms with Crippen molar-refractivity contribution in [1.29, 1.82) is 5.26 Å². The summed E-state index contributed by atoms with van der Waals surface area (Å²) in [6.45, 7) is 9.44. The first-order valence-electron chi connectivity index (χ1n) is 11.4. The Balaban J connectivity index is 1.39. The molecule has 0 unspecified atom stereocenters. The minimum atomic E-state index is -0.286. The second-order valence-electron chi connectivity index (χ2n) is 8.23. The van der Waals surface area contributed by atoms with Crippen LogP contribution in [0.15, 0.2) is 61.8 Å². The molecule has 1 fully saturated rings. The van der Waals surface area contributed by atoms with Crippen LogP contribution in [-0.4, -0.2) is 56.5 Å². The van der Waals surface area contributed by atoms with Crippen molar-refractivity contribution in [3.8, 4) is 17.2 Å². The van der Waals surface area contributed by atoms with Crippen LogP contribution >= 0.6 is 0 Å². The lowest BCUT2D eigenvalue weighted by Gasteiger charge is -2.37. The summed E-state index contributed by atoms with van der Waals surface area (Å²) in [5.74, 6) is 0.207. The maximum Gasteiger partial charge on any atom is 0.248 e. The molecule has 1 aliphatic heterocycles. The fourth-order valence-corrected chi connectivity index (χ4v) is 4.30. The van der Waals surface area contributed by atoms with Gasteiger partial charge in [0.15, 0.2) is 0 Å². The summed E-state index contributed by atoms with van der Waals surface area (Å²) in [6.07, 6.45) is 10.4. The first-order valence-corrected chi connectivity index (χ1v) is 11.4. The number of carbonyl (C=O) groups excluding carboxylic acids is 1. The van der Waals surface area contributed by atoms with E-state index in [2.05, 4.69) is 55.9 Å². The number of pyridine rings is 2. The van der Waals surface area contributed by atoms with Gasteiger partial charge in [-0.05, 0) is 31.2 Å². The van der Waals surface area contributed by atoms with Gasteiger partial charge in [0.2, 0.25) is 5.91 Å². The Labute approximate surface area is 202 Å². The molecular formula is C25H25N9O. The molecule has 0 bridgehead atoms. The van der Waals surface area contributed by atoms with Crippen LogP contribution in [0.25, 0.3) is 16.6 Å². The average molecular weight is 468 g/mol. The van der Waals surface area contributed by atoms with E-state index in [0.29, 0.717) is 11.4 Å². The van der Waals surface area contributed by atoms with E-state index in [4.69, 9.17) is 0 Å². The number of nitrogens with one attached hydrogen (secondary N) is 1. The third-order valence-electron chi connectivity index (χ3n) is 6.17. The first-order chi connectivity index (χ1) is 17.1. The molecule has 1 saturated heterocycles. The Hall–Kier alpha value is -4.65. The number of aryl methyl sites for hydroxylation is 1. The third-order valence-corrected chi connectivity index (χ3v) is 6.17. The van der Waals surface area contributed by atoms with Gasteiger partial charge in [0.05, 0.1) is 35.5 Å². The predicted octanol–water partition coefficient (Wildman–Crippen LogP) is 2.94. The van der Waals surface area contributed by atoms with Gasteiger partial charge < -0.3 is 15.1 Å². The van der Waals surface area contributed by atoms with Gasteiger partial charge in [0.1, 0.15) is 17.4 Å². The van der Waals surface area contributed by atoms with Crippen molar-refractivity contribution in [3.63, 3.8) is 0 Å². The Morgan fingerprint density at radius 2 is 1.91 bits per heavy atom. The zero-order valence-corrected chi connectivity index (χ0v) is 19.4. The molecule has 0 aliphatic carbocycles. The van der Waals surface area contributed by atoms with Gasteiger partial charge in [-0.15, -0.1) is 0 Å². The Kier molecular flexibility index (Phi) is 5.89. The number of hydrogen-bond acceptors (Lipinski definition) is 7. The lowest BCUT2D eigenvalue weighted by atomic mass is 10.1.